The lowest BCUT2D eigenvalue weighted by Gasteiger charge is -2.29. The molecule has 0 aliphatic carbocycles. The quantitative estimate of drug-likeness (QED) is 0.678. The minimum Gasteiger partial charge on any atom is -0.508 e. The maximum absolute atomic E-state index is 13.5. The van der Waals surface area contributed by atoms with Crippen molar-refractivity contribution in [3.63, 3.8) is 0 Å². The van der Waals surface area contributed by atoms with Gasteiger partial charge in [0, 0.05) is 0 Å². The van der Waals surface area contributed by atoms with Crippen LogP contribution in [0.2, 0.25) is 0 Å². The lowest BCUT2D eigenvalue weighted by Crippen LogP contribution is -2.37. The third-order valence-electron chi connectivity index (χ3n) is 5.72. The van der Waals surface area contributed by atoms with E-state index in [4.69, 9.17) is 4.84 Å². The van der Waals surface area contributed by atoms with Crippen molar-refractivity contribution in [2.75, 3.05) is 9.96 Å². The normalized spacial score (nSPS) is 23.2. The number of amides is 2. The van der Waals surface area contributed by atoms with Crippen molar-refractivity contribution in [3.05, 3.63) is 90.0 Å². The van der Waals surface area contributed by atoms with Crippen LogP contribution in [0.1, 0.15) is 17.2 Å². The predicted octanol–water partition coefficient (Wildman–Crippen LogP) is 3.75. The van der Waals surface area contributed by atoms with Crippen LogP contribution in [0.5, 0.6) is 5.75 Å². The van der Waals surface area contributed by atoms with Crippen molar-refractivity contribution in [2.24, 2.45) is 5.92 Å². The molecule has 150 valence electrons. The summed E-state index contributed by atoms with van der Waals surface area (Å²) in [5.74, 6) is -1.20. The Balaban J connectivity index is 1.60. The molecule has 6 heteroatoms. The number of hydrogen-bond donors (Lipinski definition) is 1. The van der Waals surface area contributed by atoms with Gasteiger partial charge in [0.1, 0.15) is 11.7 Å². The van der Waals surface area contributed by atoms with Crippen LogP contribution in [0.15, 0.2) is 78.9 Å². The minimum atomic E-state index is -0.906. The van der Waals surface area contributed by atoms with Crippen LogP contribution in [-0.2, 0) is 14.4 Å². The van der Waals surface area contributed by atoms with E-state index in [-0.39, 0.29) is 17.6 Å². The second-order valence-electron chi connectivity index (χ2n) is 7.55. The number of phenols is 1. The monoisotopic (exact) mass is 400 g/mol. The van der Waals surface area contributed by atoms with E-state index in [1.807, 2.05) is 55.5 Å². The average molecular weight is 400 g/mol. The fourth-order valence-corrected chi connectivity index (χ4v) is 4.28. The van der Waals surface area contributed by atoms with Gasteiger partial charge in [-0.1, -0.05) is 48.5 Å². The van der Waals surface area contributed by atoms with Gasteiger partial charge in [-0.15, -0.1) is 0 Å². The van der Waals surface area contributed by atoms with Crippen LogP contribution in [0.25, 0.3) is 0 Å². The van der Waals surface area contributed by atoms with Gasteiger partial charge < -0.3 is 5.11 Å². The van der Waals surface area contributed by atoms with Crippen LogP contribution in [0.4, 0.5) is 11.4 Å². The van der Waals surface area contributed by atoms with Crippen molar-refractivity contribution >= 4 is 23.2 Å². The largest absolute Gasteiger partial charge is 0.508 e. The molecule has 1 N–H and O–H groups in total. The maximum atomic E-state index is 13.5. The Morgan fingerprint density at radius 1 is 0.833 bits per heavy atom. The molecule has 0 bridgehead atoms. The highest BCUT2D eigenvalue weighted by atomic mass is 16.7. The number of nitrogens with zero attached hydrogens (tertiary/aromatic N) is 2. The summed E-state index contributed by atoms with van der Waals surface area (Å²) in [6.07, 6.45) is -0.906. The lowest BCUT2D eigenvalue weighted by atomic mass is 9.90. The molecule has 0 spiro atoms. The first kappa shape index (κ1) is 18.4. The van der Waals surface area contributed by atoms with Gasteiger partial charge in [0.25, 0.3) is 5.91 Å². The van der Waals surface area contributed by atoms with Gasteiger partial charge in [-0.05, 0) is 48.4 Å². The fraction of sp³-hybridized carbons (Fsp3) is 0.167. The van der Waals surface area contributed by atoms with Gasteiger partial charge in [-0.3, -0.25) is 14.4 Å². The van der Waals surface area contributed by atoms with E-state index in [2.05, 4.69) is 0 Å². The standard InChI is InChI=1S/C24H20N2O4/c1-15-7-5-6-10-19(15)25-23(28)20-21(16-11-13-18(27)14-12-16)26(30-22(20)24(25)29)17-8-3-2-4-9-17/h2-14,20-22,27H,1H3. The molecule has 3 aromatic rings. The molecule has 3 aromatic carbocycles. The first-order chi connectivity index (χ1) is 14.6. The molecular weight excluding hydrogens is 380 g/mol. The highest BCUT2D eigenvalue weighted by Gasteiger charge is 2.60. The summed E-state index contributed by atoms with van der Waals surface area (Å²) < 4.78 is 0. The summed E-state index contributed by atoms with van der Waals surface area (Å²) >= 11 is 0. The lowest BCUT2D eigenvalue weighted by molar-refractivity contribution is -0.126. The summed E-state index contributed by atoms with van der Waals surface area (Å²) in [6.45, 7) is 1.87. The van der Waals surface area contributed by atoms with Gasteiger partial charge in [0.2, 0.25) is 5.91 Å². The molecule has 3 unspecified atom stereocenters. The summed E-state index contributed by atoms with van der Waals surface area (Å²) in [4.78, 5) is 34.2. The van der Waals surface area contributed by atoms with Gasteiger partial charge in [-0.2, -0.15) is 0 Å². The molecule has 30 heavy (non-hydrogen) atoms. The molecule has 2 fully saturated rings. The number of aromatic hydroxyl groups is 1. The zero-order valence-corrected chi connectivity index (χ0v) is 16.3. The predicted molar refractivity (Wildman–Crippen MR) is 112 cm³/mol. The van der Waals surface area contributed by atoms with Crippen LogP contribution in [0.3, 0.4) is 0 Å². The minimum absolute atomic E-state index is 0.135. The summed E-state index contributed by atoms with van der Waals surface area (Å²) in [5.41, 5.74) is 2.98. The van der Waals surface area contributed by atoms with E-state index in [0.717, 1.165) is 16.8 Å². The molecule has 2 saturated heterocycles. The zero-order chi connectivity index (χ0) is 20.8. The van der Waals surface area contributed by atoms with Crippen molar-refractivity contribution in [1.82, 2.24) is 0 Å². The van der Waals surface area contributed by atoms with Gasteiger partial charge in [0.15, 0.2) is 6.10 Å². The highest BCUT2D eigenvalue weighted by molar-refractivity contribution is 6.24. The molecule has 2 aliphatic rings. The molecule has 0 saturated carbocycles. The molecule has 6 nitrogen and oxygen atoms in total. The number of fused-ring (bicyclic) bond motifs is 1. The van der Waals surface area contributed by atoms with Gasteiger partial charge in [-0.25, -0.2) is 9.96 Å². The van der Waals surface area contributed by atoms with E-state index in [9.17, 15) is 14.7 Å². The Kier molecular flexibility index (Phi) is 4.29. The summed E-state index contributed by atoms with van der Waals surface area (Å²) in [5, 5.41) is 11.4. The van der Waals surface area contributed by atoms with E-state index in [1.165, 1.54) is 4.90 Å². The van der Waals surface area contributed by atoms with E-state index in [0.29, 0.717) is 5.69 Å². The smallest absolute Gasteiger partial charge is 0.266 e. The average Bonchev–Trinajstić information content (AvgIpc) is 3.26. The SMILES string of the molecule is Cc1ccccc1N1C(=O)C2ON(c3ccccc3)C(c3ccc(O)cc3)C2C1=O. The summed E-state index contributed by atoms with van der Waals surface area (Å²) in [6, 6.07) is 22.9. The number of aryl methyl sites for hydroxylation is 1. The molecule has 2 aliphatic heterocycles. The van der Waals surface area contributed by atoms with Crippen LogP contribution in [-0.4, -0.2) is 23.0 Å². The Labute approximate surface area is 173 Å². The molecule has 2 amide bonds. The Morgan fingerprint density at radius 2 is 1.50 bits per heavy atom. The molecule has 0 radical (unpaired) electrons. The number of phenolic OH excluding ortho intramolecular Hbond substituents is 1. The topological polar surface area (TPSA) is 70.1 Å². The molecule has 3 atom stereocenters. The van der Waals surface area contributed by atoms with E-state index < -0.39 is 18.1 Å². The van der Waals surface area contributed by atoms with Crippen molar-refractivity contribution < 1.29 is 19.5 Å². The van der Waals surface area contributed by atoms with Gasteiger partial charge >= 0.3 is 0 Å². The van der Waals surface area contributed by atoms with Crippen LogP contribution in [0, 0.1) is 12.8 Å². The number of anilines is 2. The maximum Gasteiger partial charge on any atom is 0.266 e. The molecule has 5 rings (SSSR count). The number of hydrogen-bond acceptors (Lipinski definition) is 5. The third-order valence-corrected chi connectivity index (χ3v) is 5.72. The Morgan fingerprint density at radius 3 is 2.20 bits per heavy atom. The van der Waals surface area contributed by atoms with Crippen molar-refractivity contribution in [2.45, 2.75) is 19.1 Å². The Hall–Kier alpha value is -3.64. The Bertz CT molecular complexity index is 1110. The molecular formula is C24H20N2O4. The first-order valence-corrected chi connectivity index (χ1v) is 9.79. The number of para-hydroxylation sites is 2. The van der Waals surface area contributed by atoms with Gasteiger partial charge in [0.05, 0.1) is 17.4 Å². The third kappa shape index (κ3) is 2.76. The first-order valence-electron chi connectivity index (χ1n) is 9.79. The van der Waals surface area contributed by atoms with E-state index >= 15 is 0 Å². The fourth-order valence-electron chi connectivity index (χ4n) is 4.28. The second kappa shape index (κ2) is 7.00. The number of benzene rings is 3. The van der Waals surface area contributed by atoms with E-state index in [1.54, 1.807) is 35.4 Å². The van der Waals surface area contributed by atoms with Crippen molar-refractivity contribution in [1.29, 1.82) is 0 Å². The highest BCUT2D eigenvalue weighted by Crippen LogP contribution is 2.47. The number of carbonyl (C=O) groups is 2. The number of imide groups is 1. The second-order valence-corrected chi connectivity index (χ2v) is 7.55. The number of carbonyl (C=O) groups excluding carboxylic acids is 2. The summed E-state index contributed by atoms with van der Waals surface area (Å²) in [7, 11) is 0. The number of hydroxylamine groups is 1. The number of rotatable bonds is 3. The van der Waals surface area contributed by atoms with Crippen LogP contribution >= 0.6 is 0 Å². The molecule has 2 heterocycles. The van der Waals surface area contributed by atoms with Crippen molar-refractivity contribution in [3.8, 4) is 5.75 Å². The van der Waals surface area contributed by atoms with Crippen LogP contribution < -0.4 is 9.96 Å². The zero-order valence-electron chi connectivity index (χ0n) is 16.3. The molecule has 0 aromatic heterocycles.